The highest BCUT2D eigenvalue weighted by atomic mass is 79.9. The fourth-order valence-electron chi connectivity index (χ4n) is 1.64. The predicted molar refractivity (Wildman–Crippen MR) is 77.5 cm³/mol. The number of carbonyl (C=O) groups is 2. The van der Waals surface area contributed by atoms with Gasteiger partial charge in [-0.05, 0) is 47.0 Å². The molecule has 0 fully saturated rings. The molecule has 2 N–H and O–H groups in total. The molecule has 0 heterocycles. The van der Waals surface area contributed by atoms with Gasteiger partial charge in [-0.25, -0.2) is 4.79 Å². The molecule has 2 amide bonds. The first-order valence-electron chi connectivity index (χ1n) is 5.82. The second-order valence-corrected chi connectivity index (χ2v) is 5.29. The summed E-state index contributed by atoms with van der Waals surface area (Å²) in [6, 6.07) is 3.56. The quantitative estimate of drug-likeness (QED) is 0.892. The molecule has 0 aliphatic carbocycles. The lowest BCUT2D eigenvalue weighted by atomic mass is 10.1. The number of amides is 2. The molecule has 1 rings (SSSR count). The van der Waals surface area contributed by atoms with Gasteiger partial charge in [-0.2, -0.15) is 0 Å². The number of halogens is 1. The fraction of sp³-hybridized carbons (Fsp3) is 0.385. The summed E-state index contributed by atoms with van der Waals surface area (Å²) in [6.45, 7) is 4.05. The van der Waals surface area contributed by atoms with Gasteiger partial charge in [-0.1, -0.05) is 6.07 Å². The van der Waals surface area contributed by atoms with Crippen LogP contribution in [0.15, 0.2) is 16.6 Å². The second-order valence-electron chi connectivity index (χ2n) is 4.43. The minimum atomic E-state index is -0.924. The molecule has 0 unspecified atom stereocenters. The molecule has 0 saturated carbocycles. The first-order chi connectivity index (χ1) is 8.81. The molecule has 19 heavy (non-hydrogen) atoms. The smallest absolute Gasteiger partial charge is 0.321 e. The third-order valence-electron chi connectivity index (χ3n) is 2.67. The normalized spacial score (nSPS) is 10.1. The number of carboxylic acid groups (broad SMARTS) is 1. The van der Waals surface area contributed by atoms with Gasteiger partial charge in [0.15, 0.2) is 0 Å². The molecule has 1 aromatic rings. The Balaban J connectivity index is 2.74. The molecule has 0 aliphatic heterocycles. The van der Waals surface area contributed by atoms with Crippen LogP contribution in [-0.2, 0) is 4.79 Å². The highest BCUT2D eigenvalue weighted by Crippen LogP contribution is 2.27. The van der Waals surface area contributed by atoms with Gasteiger partial charge in [0.25, 0.3) is 0 Å². The summed E-state index contributed by atoms with van der Waals surface area (Å²) < 4.78 is 0.810. The number of rotatable bonds is 4. The number of urea groups is 1. The number of hydrogen-bond donors (Lipinski definition) is 2. The van der Waals surface area contributed by atoms with Crippen LogP contribution in [0.5, 0.6) is 0 Å². The fourth-order valence-corrected chi connectivity index (χ4v) is 2.41. The Hall–Kier alpha value is -1.56. The molecule has 104 valence electrons. The van der Waals surface area contributed by atoms with Crippen molar-refractivity contribution in [2.75, 3.05) is 18.9 Å². The van der Waals surface area contributed by atoms with Crippen molar-refractivity contribution in [3.05, 3.63) is 27.7 Å². The Morgan fingerprint density at radius 3 is 2.53 bits per heavy atom. The lowest BCUT2D eigenvalue weighted by Gasteiger charge is -2.19. The number of benzene rings is 1. The molecule has 0 saturated heterocycles. The molecule has 0 aromatic heterocycles. The van der Waals surface area contributed by atoms with E-state index >= 15 is 0 Å². The van der Waals surface area contributed by atoms with Crippen LogP contribution >= 0.6 is 15.9 Å². The highest BCUT2D eigenvalue weighted by molar-refractivity contribution is 9.10. The summed E-state index contributed by atoms with van der Waals surface area (Å²) in [5, 5.41) is 11.4. The number of carboxylic acids is 1. The van der Waals surface area contributed by atoms with Gasteiger partial charge in [0.05, 0.1) is 12.1 Å². The minimum absolute atomic E-state index is 0.0715. The van der Waals surface area contributed by atoms with Crippen molar-refractivity contribution in [2.24, 2.45) is 0 Å². The number of hydrogen-bond acceptors (Lipinski definition) is 2. The molecule has 1 aromatic carbocycles. The van der Waals surface area contributed by atoms with Crippen LogP contribution in [-0.4, -0.2) is 35.6 Å². The number of aliphatic carboxylic acids is 1. The molecule has 5 nitrogen and oxygen atoms in total. The van der Waals surface area contributed by atoms with E-state index in [1.165, 1.54) is 4.90 Å². The Morgan fingerprint density at radius 1 is 1.37 bits per heavy atom. The van der Waals surface area contributed by atoms with Crippen LogP contribution in [0, 0.1) is 13.8 Å². The first kappa shape index (κ1) is 15.5. The number of anilines is 1. The summed E-state index contributed by atoms with van der Waals surface area (Å²) >= 11 is 3.41. The van der Waals surface area contributed by atoms with Crippen LogP contribution in [0.1, 0.15) is 17.5 Å². The van der Waals surface area contributed by atoms with Crippen molar-refractivity contribution in [2.45, 2.75) is 20.3 Å². The van der Waals surface area contributed by atoms with Gasteiger partial charge in [-0.3, -0.25) is 4.79 Å². The van der Waals surface area contributed by atoms with Crippen molar-refractivity contribution >= 4 is 33.6 Å². The van der Waals surface area contributed by atoms with E-state index in [-0.39, 0.29) is 19.0 Å². The SMILES string of the molecule is Cc1cc(C)c(NC(=O)N(C)CCC(=O)O)c(Br)c1. The maximum atomic E-state index is 11.9. The number of aryl methyl sites for hydroxylation is 2. The van der Waals surface area contributed by atoms with Gasteiger partial charge in [0.1, 0.15) is 0 Å². The van der Waals surface area contributed by atoms with E-state index in [0.29, 0.717) is 5.69 Å². The van der Waals surface area contributed by atoms with E-state index in [2.05, 4.69) is 21.2 Å². The Kier molecular flexibility index (Phi) is 5.35. The van der Waals surface area contributed by atoms with E-state index in [9.17, 15) is 9.59 Å². The zero-order valence-electron chi connectivity index (χ0n) is 11.2. The molecule has 0 radical (unpaired) electrons. The molecule has 0 bridgehead atoms. The number of carbonyl (C=O) groups excluding carboxylic acids is 1. The van der Waals surface area contributed by atoms with Gasteiger partial charge in [-0.15, -0.1) is 0 Å². The maximum Gasteiger partial charge on any atom is 0.321 e. The Bertz CT molecular complexity index is 480. The predicted octanol–water partition coefficient (Wildman–Crippen LogP) is 3.00. The molecule has 0 aliphatic rings. The second kappa shape index (κ2) is 6.56. The van der Waals surface area contributed by atoms with E-state index in [4.69, 9.17) is 5.11 Å². The Labute approximate surface area is 120 Å². The Morgan fingerprint density at radius 2 is 2.00 bits per heavy atom. The maximum absolute atomic E-state index is 11.9. The standard InChI is InChI=1S/C13H17BrN2O3/c1-8-6-9(2)12(10(14)7-8)15-13(19)16(3)5-4-11(17)18/h6-7H,4-5H2,1-3H3,(H,15,19)(H,17,18). The third-order valence-corrected chi connectivity index (χ3v) is 3.30. The van der Waals surface area contributed by atoms with Crippen LogP contribution in [0.4, 0.5) is 10.5 Å². The lowest BCUT2D eigenvalue weighted by molar-refractivity contribution is -0.137. The topological polar surface area (TPSA) is 69.6 Å². The zero-order valence-corrected chi connectivity index (χ0v) is 12.7. The van der Waals surface area contributed by atoms with E-state index in [0.717, 1.165) is 15.6 Å². The monoisotopic (exact) mass is 328 g/mol. The van der Waals surface area contributed by atoms with Crippen molar-refractivity contribution in [1.29, 1.82) is 0 Å². The van der Waals surface area contributed by atoms with Crippen molar-refractivity contribution < 1.29 is 14.7 Å². The van der Waals surface area contributed by atoms with Crippen molar-refractivity contribution in [1.82, 2.24) is 4.90 Å². The van der Waals surface area contributed by atoms with Gasteiger partial charge in [0, 0.05) is 18.1 Å². The number of nitrogens with one attached hydrogen (secondary N) is 1. The molecule has 0 atom stereocenters. The molecular weight excluding hydrogens is 312 g/mol. The summed E-state index contributed by atoms with van der Waals surface area (Å²) in [5.41, 5.74) is 2.76. The largest absolute Gasteiger partial charge is 0.481 e. The minimum Gasteiger partial charge on any atom is -0.481 e. The van der Waals surface area contributed by atoms with E-state index < -0.39 is 5.97 Å². The van der Waals surface area contributed by atoms with Crippen LogP contribution in [0.25, 0.3) is 0 Å². The van der Waals surface area contributed by atoms with Crippen molar-refractivity contribution in [3.63, 3.8) is 0 Å². The van der Waals surface area contributed by atoms with E-state index in [1.54, 1.807) is 7.05 Å². The average Bonchev–Trinajstić information content (AvgIpc) is 2.30. The number of nitrogens with zero attached hydrogens (tertiary/aromatic N) is 1. The molecule has 0 spiro atoms. The zero-order chi connectivity index (χ0) is 14.6. The average molecular weight is 329 g/mol. The first-order valence-corrected chi connectivity index (χ1v) is 6.61. The molecular formula is C13H17BrN2O3. The van der Waals surface area contributed by atoms with Crippen LogP contribution < -0.4 is 5.32 Å². The summed E-state index contributed by atoms with van der Waals surface area (Å²) in [4.78, 5) is 23.7. The summed E-state index contributed by atoms with van der Waals surface area (Å²) in [5.74, 6) is -0.924. The van der Waals surface area contributed by atoms with Crippen molar-refractivity contribution in [3.8, 4) is 0 Å². The van der Waals surface area contributed by atoms with Crippen LogP contribution in [0.2, 0.25) is 0 Å². The summed E-state index contributed by atoms with van der Waals surface area (Å²) in [6.07, 6.45) is -0.0715. The lowest BCUT2D eigenvalue weighted by Crippen LogP contribution is -2.33. The molecule has 6 heteroatoms. The summed E-state index contributed by atoms with van der Waals surface area (Å²) in [7, 11) is 1.57. The van der Waals surface area contributed by atoms with Gasteiger partial charge >= 0.3 is 12.0 Å². The van der Waals surface area contributed by atoms with E-state index in [1.807, 2.05) is 26.0 Å². The third kappa shape index (κ3) is 4.55. The van der Waals surface area contributed by atoms with Gasteiger partial charge < -0.3 is 15.3 Å². The highest BCUT2D eigenvalue weighted by Gasteiger charge is 2.13. The van der Waals surface area contributed by atoms with Gasteiger partial charge in [0.2, 0.25) is 0 Å². The van der Waals surface area contributed by atoms with Crippen LogP contribution in [0.3, 0.4) is 0 Å².